The molecule has 3 heteroatoms. The zero-order chi connectivity index (χ0) is 9.10. The van der Waals surface area contributed by atoms with Gasteiger partial charge in [0.1, 0.15) is 5.82 Å². The summed E-state index contributed by atoms with van der Waals surface area (Å²) in [7, 11) is 0. The maximum Gasteiger partial charge on any atom is 0.125 e. The second-order valence-corrected chi connectivity index (χ2v) is 3.59. The molecule has 0 radical (unpaired) electrons. The van der Waals surface area contributed by atoms with Gasteiger partial charge in [-0.1, -0.05) is 0 Å². The third-order valence-corrected chi connectivity index (χ3v) is 2.61. The van der Waals surface area contributed by atoms with E-state index in [2.05, 4.69) is 15.3 Å². The number of hydrogen-bond donors (Lipinski definition) is 1. The first-order valence-corrected chi connectivity index (χ1v) is 4.85. The smallest absolute Gasteiger partial charge is 0.125 e. The van der Waals surface area contributed by atoms with Crippen molar-refractivity contribution in [2.75, 3.05) is 13.1 Å². The maximum atomic E-state index is 4.22. The lowest BCUT2D eigenvalue weighted by Crippen LogP contribution is -2.26. The van der Waals surface area contributed by atoms with Gasteiger partial charge in [0.25, 0.3) is 0 Å². The fraction of sp³-hybridized carbons (Fsp3) is 0.600. The van der Waals surface area contributed by atoms with Crippen LogP contribution in [0.4, 0.5) is 0 Å². The van der Waals surface area contributed by atoms with E-state index in [-0.39, 0.29) is 0 Å². The van der Waals surface area contributed by atoms with Crippen molar-refractivity contribution in [1.29, 1.82) is 0 Å². The van der Waals surface area contributed by atoms with Crippen molar-refractivity contribution < 1.29 is 0 Å². The minimum atomic E-state index is 0.668. The second-order valence-electron chi connectivity index (χ2n) is 3.59. The van der Waals surface area contributed by atoms with E-state index in [0.29, 0.717) is 5.92 Å². The molecule has 1 fully saturated rings. The average molecular weight is 177 g/mol. The largest absolute Gasteiger partial charge is 0.317 e. The highest BCUT2D eigenvalue weighted by atomic mass is 14.9. The topological polar surface area (TPSA) is 37.8 Å². The maximum absolute atomic E-state index is 4.22. The van der Waals surface area contributed by atoms with Crippen LogP contribution in [0.2, 0.25) is 0 Å². The first-order chi connectivity index (χ1) is 6.36. The van der Waals surface area contributed by atoms with Crippen molar-refractivity contribution in [1.82, 2.24) is 15.3 Å². The van der Waals surface area contributed by atoms with E-state index < -0.39 is 0 Å². The molecule has 0 saturated carbocycles. The molecule has 13 heavy (non-hydrogen) atoms. The van der Waals surface area contributed by atoms with Gasteiger partial charge < -0.3 is 5.32 Å². The van der Waals surface area contributed by atoms with E-state index in [0.717, 1.165) is 18.9 Å². The summed E-state index contributed by atoms with van der Waals surface area (Å²) in [6, 6.07) is 0. The Bertz CT molecular complexity index is 262. The van der Waals surface area contributed by atoms with Crippen LogP contribution in [0.25, 0.3) is 0 Å². The fourth-order valence-electron chi connectivity index (χ4n) is 1.77. The third-order valence-electron chi connectivity index (χ3n) is 2.61. The monoisotopic (exact) mass is 177 g/mol. The van der Waals surface area contributed by atoms with Crippen LogP contribution in [-0.4, -0.2) is 23.1 Å². The summed E-state index contributed by atoms with van der Waals surface area (Å²) < 4.78 is 0. The molecule has 0 unspecified atom stereocenters. The van der Waals surface area contributed by atoms with Crippen LogP contribution < -0.4 is 5.32 Å². The number of nitrogens with zero attached hydrogens (tertiary/aromatic N) is 2. The van der Waals surface area contributed by atoms with Gasteiger partial charge in [-0.25, -0.2) is 9.97 Å². The minimum Gasteiger partial charge on any atom is -0.317 e. The van der Waals surface area contributed by atoms with E-state index in [1.54, 1.807) is 0 Å². The molecule has 2 heterocycles. The Hall–Kier alpha value is -0.960. The lowest BCUT2D eigenvalue weighted by molar-refractivity contribution is 0.458. The summed E-state index contributed by atoms with van der Waals surface area (Å²) in [6.45, 7) is 4.17. The molecular formula is C10H15N3. The van der Waals surface area contributed by atoms with E-state index in [4.69, 9.17) is 0 Å². The quantitative estimate of drug-likeness (QED) is 0.701. The van der Waals surface area contributed by atoms with Gasteiger partial charge >= 0.3 is 0 Å². The van der Waals surface area contributed by atoms with Crippen LogP contribution in [0, 0.1) is 6.92 Å². The number of nitrogens with one attached hydrogen (secondary N) is 1. The highest BCUT2D eigenvalue weighted by molar-refractivity contribution is 5.12. The molecule has 0 amide bonds. The predicted octanol–water partition coefficient (Wildman–Crippen LogP) is 1.25. The Kier molecular flexibility index (Phi) is 2.54. The molecule has 1 aromatic heterocycles. The van der Waals surface area contributed by atoms with Crippen LogP contribution >= 0.6 is 0 Å². The minimum absolute atomic E-state index is 0.668. The normalized spacial score (nSPS) is 18.8. The molecule has 2 rings (SSSR count). The van der Waals surface area contributed by atoms with E-state index in [1.165, 1.54) is 18.4 Å². The summed E-state index contributed by atoms with van der Waals surface area (Å²) in [5.41, 5.74) is 1.30. The van der Waals surface area contributed by atoms with E-state index in [9.17, 15) is 0 Å². The van der Waals surface area contributed by atoms with Gasteiger partial charge in [-0.05, 0) is 44.3 Å². The number of aromatic nitrogens is 2. The van der Waals surface area contributed by atoms with Crippen molar-refractivity contribution >= 4 is 0 Å². The number of hydrogen-bond acceptors (Lipinski definition) is 3. The van der Waals surface area contributed by atoms with Crippen molar-refractivity contribution in [3.63, 3.8) is 0 Å². The average Bonchev–Trinajstić information content (AvgIpc) is 2.20. The number of piperidine rings is 1. The summed E-state index contributed by atoms with van der Waals surface area (Å²) in [5, 5.41) is 3.36. The van der Waals surface area contributed by atoms with E-state index in [1.807, 2.05) is 19.3 Å². The molecule has 1 saturated heterocycles. The summed E-state index contributed by atoms with van der Waals surface area (Å²) in [6.07, 6.45) is 6.37. The molecule has 3 nitrogen and oxygen atoms in total. The lowest BCUT2D eigenvalue weighted by atomic mass is 9.92. The Balaban J connectivity index is 2.10. The van der Waals surface area contributed by atoms with Gasteiger partial charge in [-0.3, -0.25) is 0 Å². The lowest BCUT2D eigenvalue weighted by Gasteiger charge is -2.22. The van der Waals surface area contributed by atoms with Crippen LogP contribution in [0.1, 0.15) is 30.1 Å². The molecule has 1 aliphatic heterocycles. The summed E-state index contributed by atoms with van der Waals surface area (Å²) in [5.74, 6) is 1.53. The molecule has 0 atom stereocenters. The summed E-state index contributed by atoms with van der Waals surface area (Å²) >= 11 is 0. The Morgan fingerprint density at radius 3 is 2.46 bits per heavy atom. The molecular weight excluding hydrogens is 162 g/mol. The van der Waals surface area contributed by atoms with Crippen molar-refractivity contribution in [3.8, 4) is 0 Å². The third kappa shape index (κ3) is 2.04. The first-order valence-electron chi connectivity index (χ1n) is 4.85. The first kappa shape index (κ1) is 8.63. The summed E-state index contributed by atoms with van der Waals surface area (Å²) in [4.78, 5) is 8.45. The number of aryl methyl sites for hydroxylation is 1. The molecule has 0 bridgehead atoms. The van der Waals surface area contributed by atoms with Crippen molar-refractivity contribution in [2.45, 2.75) is 25.7 Å². The molecule has 70 valence electrons. The SMILES string of the molecule is Cc1ncc(C2CCNCC2)cn1. The highest BCUT2D eigenvalue weighted by Gasteiger charge is 2.15. The van der Waals surface area contributed by atoms with Crippen molar-refractivity contribution in [3.05, 3.63) is 23.8 Å². The van der Waals surface area contributed by atoms with Crippen LogP contribution in [0.5, 0.6) is 0 Å². The zero-order valence-electron chi connectivity index (χ0n) is 7.95. The van der Waals surface area contributed by atoms with Gasteiger partial charge in [0, 0.05) is 12.4 Å². The molecule has 1 aliphatic rings. The van der Waals surface area contributed by atoms with Crippen LogP contribution in [0.3, 0.4) is 0 Å². The second kappa shape index (κ2) is 3.83. The predicted molar refractivity (Wildman–Crippen MR) is 51.6 cm³/mol. The van der Waals surface area contributed by atoms with Gasteiger partial charge in [0.15, 0.2) is 0 Å². The standard InChI is InChI=1S/C10H15N3/c1-8-12-6-10(7-13-8)9-2-4-11-5-3-9/h6-7,9,11H,2-5H2,1H3. The van der Waals surface area contributed by atoms with Crippen molar-refractivity contribution in [2.24, 2.45) is 0 Å². The Morgan fingerprint density at radius 2 is 1.85 bits per heavy atom. The van der Waals surface area contributed by atoms with Gasteiger partial charge in [0.2, 0.25) is 0 Å². The van der Waals surface area contributed by atoms with Gasteiger partial charge in [0.05, 0.1) is 0 Å². The molecule has 0 spiro atoms. The Morgan fingerprint density at radius 1 is 1.23 bits per heavy atom. The highest BCUT2D eigenvalue weighted by Crippen LogP contribution is 2.23. The molecule has 1 aromatic rings. The van der Waals surface area contributed by atoms with E-state index >= 15 is 0 Å². The van der Waals surface area contributed by atoms with Crippen LogP contribution in [-0.2, 0) is 0 Å². The van der Waals surface area contributed by atoms with Crippen LogP contribution in [0.15, 0.2) is 12.4 Å². The zero-order valence-corrected chi connectivity index (χ0v) is 7.95. The fourth-order valence-corrected chi connectivity index (χ4v) is 1.77. The van der Waals surface area contributed by atoms with Gasteiger partial charge in [-0.15, -0.1) is 0 Å². The van der Waals surface area contributed by atoms with Gasteiger partial charge in [-0.2, -0.15) is 0 Å². The molecule has 0 aliphatic carbocycles. The Labute approximate surface area is 78.6 Å². The molecule has 0 aromatic carbocycles. The molecule has 1 N–H and O–H groups in total. The number of rotatable bonds is 1.